The minimum atomic E-state index is -3.67. The zero-order valence-corrected chi connectivity index (χ0v) is 20.4. The van der Waals surface area contributed by atoms with Gasteiger partial charge in [0.1, 0.15) is 0 Å². The summed E-state index contributed by atoms with van der Waals surface area (Å²) in [7, 11) is -2.17. The van der Waals surface area contributed by atoms with E-state index in [1.807, 2.05) is 19.1 Å². The van der Waals surface area contributed by atoms with Gasteiger partial charge in [-0.25, -0.2) is 8.42 Å². The summed E-state index contributed by atoms with van der Waals surface area (Å²) in [6, 6.07) is 21.4. The Hall–Kier alpha value is -3.32. The Bertz CT molecular complexity index is 1170. The van der Waals surface area contributed by atoms with Crippen molar-refractivity contribution in [2.75, 3.05) is 29.3 Å². The summed E-state index contributed by atoms with van der Waals surface area (Å²) < 4.78 is 27.0. The molecule has 3 aromatic carbocycles. The predicted octanol–water partition coefficient (Wildman–Crippen LogP) is 4.60. The number of hydrogen-bond donors (Lipinski definition) is 1. The molecule has 174 valence electrons. The Kier molecular flexibility index (Phi) is 7.76. The van der Waals surface area contributed by atoms with Crippen LogP contribution >= 0.6 is 0 Å². The second-order valence-electron chi connectivity index (χ2n) is 7.85. The Balaban J connectivity index is 1.63. The van der Waals surface area contributed by atoms with Crippen LogP contribution in [0.2, 0.25) is 0 Å². The van der Waals surface area contributed by atoms with Crippen LogP contribution in [0.4, 0.5) is 11.4 Å². The molecule has 6 nitrogen and oxygen atoms in total. The van der Waals surface area contributed by atoms with E-state index in [0.29, 0.717) is 17.8 Å². The molecule has 0 saturated carbocycles. The normalized spacial score (nSPS) is 11.2. The van der Waals surface area contributed by atoms with Crippen LogP contribution in [0.5, 0.6) is 0 Å². The number of nitrogens with one attached hydrogen (secondary N) is 1. The van der Waals surface area contributed by atoms with Crippen molar-refractivity contribution in [2.45, 2.75) is 32.2 Å². The van der Waals surface area contributed by atoms with Crippen molar-refractivity contribution in [1.82, 2.24) is 5.32 Å². The largest absolute Gasteiger partial charge is 0.372 e. The van der Waals surface area contributed by atoms with Gasteiger partial charge in [-0.3, -0.25) is 9.10 Å². The van der Waals surface area contributed by atoms with Crippen LogP contribution in [0.1, 0.15) is 35.3 Å². The highest BCUT2D eigenvalue weighted by atomic mass is 32.2. The van der Waals surface area contributed by atoms with Crippen LogP contribution < -0.4 is 14.5 Å². The molecule has 0 fully saturated rings. The summed E-state index contributed by atoms with van der Waals surface area (Å²) >= 11 is 0. The second kappa shape index (κ2) is 10.5. The van der Waals surface area contributed by atoms with Gasteiger partial charge in [-0.1, -0.05) is 29.8 Å². The number of hydrogen-bond acceptors (Lipinski definition) is 4. The number of carbonyl (C=O) groups excluding carboxylic acids is 1. The van der Waals surface area contributed by atoms with E-state index in [0.717, 1.165) is 29.9 Å². The number of rotatable bonds is 9. The van der Waals surface area contributed by atoms with Crippen molar-refractivity contribution < 1.29 is 13.2 Å². The van der Waals surface area contributed by atoms with Crippen LogP contribution in [0.15, 0.2) is 77.7 Å². The lowest BCUT2D eigenvalue weighted by Crippen LogP contribution is -2.27. The van der Waals surface area contributed by atoms with Gasteiger partial charge >= 0.3 is 0 Å². The summed E-state index contributed by atoms with van der Waals surface area (Å²) in [4.78, 5) is 15.1. The first-order valence-electron chi connectivity index (χ1n) is 11.0. The molecule has 0 aliphatic heterocycles. The highest BCUT2D eigenvalue weighted by Gasteiger charge is 2.21. The molecule has 0 aliphatic rings. The third-order valence-electron chi connectivity index (χ3n) is 5.69. The monoisotopic (exact) mass is 465 g/mol. The second-order valence-corrected chi connectivity index (χ2v) is 9.82. The van der Waals surface area contributed by atoms with Gasteiger partial charge in [0, 0.05) is 37.9 Å². The summed E-state index contributed by atoms with van der Waals surface area (Å²) in [6.07, 6.45) is 0. The molecule has 0 aliphatic carbocycles. The van der Waals surface area contributed by atoms with Crippen LogP contribution in [0, 0.1) is 6.92 Å². The fraction of sp³-hybridized carbons (Fsp3) is 0.269. The molecule has 0 spiro atoms. The highest BCUT2D eigenvalue weighted by molar-refractivity contribution is 7.92. The zero-order chi connectivity index (χ0) is 24.0. The van der Waals surface area contributed by atoms with Crippen molar-refractivity contribution in [3.8, 4) is 0 Å². The van der Waals surface area contributed by atoms with E-state index < -0.39 is 10.0 Å². The van der Waals surface area contributed by atoms with E-state index >= 15 is 0 Å². The van der Waals surface area contributed by atoms with E-state index in [1.54, 1.807) is 48.5 Å². The SMILES string of the molecule is CCN(CC)c1ccc(CNC(=O)c2ccc(N(C)S(=O)(=O)c3ccc(C)cc3)cc2)cc1. The van der Waals surface area contributed by atoms with E-state index in [1.165, 1.54) is 11.4 Å². The quantitative estimate of drug-likeness (QED) is 0.502. The van der Waals surface area contributed by atoms with Crippen LogP contribution in [-0.4, -0.2) is 34.5 Å². The Morgan fingerprint density at radius 3 is 1.91 bits per heavy atom. The molecule has 0 saturated heterocycles. The molecule has 0 radical (unpaired) electrons. The van der Waals surface area contributed by atoms with E-state index in [9.17, 15) is 13.2 Å². The smallest absolute Gasteiger partial charge is 0.264 e. The van der Waals surface area contributed by atoms with E-state index in [-0.39, 0.29) is 10.8 Å². The molecule has 1 N–H and O–H groups in total. The Morgan fingerprint density at radius 2 is 1.36 bits per heavy atom. The Labute approximate surface area is 196 Å². The lowest BCUT2D eigenvalue weighted by Gasteiger charge is -2.21. The molecule has 3 aromatic rings. The topological polar surface area (TPSA) is 69.7 Å². The van der Waals surface area contributed by atoms with Crippen molar-refractivity contribution in [1.29, 1.82) is 0 Å². The molecule has 0 aromatic heterocycles. The third-order valence-corrected chi connectivity index (χ3v) is 7.49. The first-order chi connectivity index (χ1) is 15.8. The summed E-state index contributed by atoms with van der Waals surface area (Å²) in [6.45, 7) is 8.47. The number of sulfonamides is 1. The minimum Gasteiger partial charge on any atom is -0.372 e. The maximum absolute atomic E-state index is 12.9. The summed E-state index contributed by atoms with van der Waals surface area (Å²) in [5, 5.41) is 2.92. The summed E-state index contributed by atoms with van der Waals surface area (Å²) in [5.74, 6) is -0.210. The van der Waals surface area contributed by atoms with Crippen LogP contribution in [0.3, 0.4) is 0 Å². The fourth-order valence-corrected chi connectivity index (χ4v) is 4.72. The zero-order valence-electron chi connectivity index (χ0n) is 19.6. The van der Waals surface area contributed by atoms with Gasteiger partial charge in [-0.05, 0) is 74.9 Å². The van der Waals surface area contributed by atoms with Crippen LogP contribution in [0.25, 0.3) is 0 Å². The molecule has 7 heteroatoms. The van der Waals surface area contributed by atoms with Crippen molar-refractivity contribution in [3.05, 3.63) is 89.5 Å². The molecule has 33 heavy (non-hydrogen) atoms. The number of aryl methyl sites for hydroxylation is 1. The molecule has 0 unspecified atom stereocenters. The first-order valence-corrected chi connectivity index (χ1v) is 12.5. The van der Waals surface area contributed by atoms with Crippen molar-refractivity contribution in [3.63, 3.8) is 0 Å². The average molecular weight is 466 g/mol. The van der Waals surface area contributed by atoms with Crippen molar-refractivity contribution >= 4 is 27.3 Å². The van der Waals surface area contributed by atoms with E-state index in [2.05, 4.69) is 36.2 Å². The van der Waals surface area contributed by atoms with Crippen molar-refractivity contribution in [2.24, 2.45) is 0 Å². The molecule has 3 rings (SSSR count). The minimum absolute atomic E-state index is 0.210. The van der Waals surface area contributed by atoms with Gasteiger partial charge in [0.25, 0.3) is 15.9 Å². The fourth-order valence-electron chi connectivity index (χ4n) is 3.53. The Morgan fingerprint density at radius 1 is 0.818 bits per heavy atom. The molecular formula is C26H31N3O3S. The molecular weight excluding hydrogens is 434 g/mol. The molecule has 0 bridgehead atoms. The molecule has 0 heterocycles. The maximum Gasteiger partial charge on any atom is 0.264 e. The predicted molar refractivity (Wildman–Crippen MR) is 134 cm³/mol. The maximum atomic E-state index is 12.9. The van der Waals surface area contributed by atoms with Crippen LogP contribution in [-0.2, 0) is 16.6 Å². The molecule has 0 atom stereocenters. The molecule has 1 amide bonds. The number of carbonyl (C=O) groups is 1. The third kappa shape index (κ3) is 5.73. The highest BCUT2D eigenvalue weighted by Crippen LogP contribution is 2.23. The number of amides is 1. The number of nitrogens with zero attached hydrogens (tertiary/aromatic N) is 2. The lowest BCUT2D eigenvalue weighted by molar-refractivity contribution is 0.0951. The lowest BCUT2D eigenvalue weighted by atomic mass is 10.1. The number of anilines is 2. The number of benzene rings is 3. The first kappa shape index (κ1) is 24.3. The van der Waals surface area contributed by atoms with Gasteiger partial charge < -0.3 is 10.2 Å². The summed E-state index contributed by atoms with van der Waals surface area (Å²) in [5.41, 5.74) is 4.13. The average Bonchev–Trinajstić information content (AvgIpc) is 2.84. The van der Waals surface area contributed by atoms with Gasteiger partial charge in [-0.15, -0.1) is 0 Å². The van der Waals surface area contributed by atoms with Gasteiger partial charge in [0.15, 0.2) is 0 Å². The van der Waals surface area contributed by atoms with E-state index in [4.69, 9.17) is 0 Å². The van der Waals surface area contributed by atoms with Gasteiger partial charge in [0.2, 0.25) is 0 Å². The van der Waals surface area contributed by atoms with Gasteiger partial charge in [0.05, 0.1) is 10.6 Å². The standard InChI is InChI=1S/C26H31N3O3S/c1-5-29(6-2)24-13-9-21(10-14-24)19-27-26(30)22-11-15-23(16-12-22)28(4)33(31,32)25-17-7-20(3)8-18-25/h7-18H,5-6,19H2,1-4H3,(H,27,30). The van der Waals surface area contributed by atoms with Gasteiger partial charge in [-0.2, -0.15) is 0 Å².